The summed E-state index contributed by atoms with van der Waals surface area (Å²) in [7, 11) is 0. The van der Waals surface area contributed by atoms with Gasteiger partial charge in [-0.25, -0.2) is 23.7 Å². The molecular weight excluding hydrogens is 678 g/mol. The molecule has 0 bridgehead atoms. The summed E-state index contributed by atoms with van der Waals surface area (Å²) in [5, 5.41) is 5.60. The molecule has 1 aliphatic carbocycles. The second-order valence-corrected chi connectivity index (χ2v) is 14.2. The number of halogens is 2. The SMILES string of the molecule is CC(C)(C)NC(=O)c1ccc(OC/C(=C/F)CN)cc1.Cc1cc(F)c(C(=O)Nc2cccc(-c3nccn3C(C)C)n2)cc1-n1cnc(C2CC2)c1. The molecule has 0 saturated heterocycles. The Morgan fingerprint density at radius 1 is 1.08 bits per heavy atom. The Labute approximate surface area is 308 Å². The van der Waals surface area contributed by atoms with Crippen LogP contribution in [-0.4, -0.2) is 54.6 Å². The fourth-order valence-corrected chi connectivity index (χ4v) is 5.34. The maximum absolute atomic E-state index is 14.8. The highest BCUT2D eigenvalue weighted by Crippen LogP contribution is 2.39. The Kier molecular flexibility index (Phi) is 12.2. The molecule has 5 aromatic rings. The maximum Gasteiger partial charge on any atom is 0.259 e. The zero-order valence-electron chi connectivity index (χ0n) is 30.9. The van der Waals surface area contributed by atoms with Gasteiger partial charge >= 0.3 is 0 Å². The van der Waals surface area contributed by atoms with E-state index in [1.54, 1.807) is 55.0 Å². The Bertz CT molecular complexity index is 2080. The fraction of sp³-hybridized carbons (Fsp3) is 0.325. The number of ether oxygens (including phenoxy) is 1. The molecule has 278 valence electrons. The van der Waals surface area contributed by atoms with E-state index in [1.165, 1.54) is 6.07 Å². The lowest BCUT2D eigenvalue weighted by Crippen LogP contribution is -2.40. The molecule has 0 aliphatic heterocycles. The maximum atomic E-state index is 14.8. The molecule has 53 heavy (non-hydrogen) atoms. The van der Waals surface area contributed by atoms with Crippen molar-refractivity contribution in [2.45, 2.75) is 71.9 Å². The van der Waals surface area contributed by atoms with E-state index in [4.69, 9.17) is 10.5 Å². The van der Waals surface area contributed by atoms with E-state index in [0.717, 1.165) is 29.8 Å². The third-order valence-corrected chi connectivity index (χ3v) is 8.30. The highest BCUT2D eigenvalue weighted by atomic mass is 19.1. The Balaban J connectivity index is 0.000000233. The zero-order chi connectivity index (χ0) is 38.3. The first-order valence-corrected chi connectivity index (χ1v) is 17.5. The summed E-state index contributed by atoms with van der Waals surface area (Å²) in [6.07, 6.45) is 10.0. The first-order valence-electron chi connectivity index (χ1n) is 17.5. The predicted molar refractivity (Wildman–Crippen MR) is 201 cm³/mol. The van der Waals surface area contributed by atoms with E-state index in [9.17, 15) is 18.4 Å². The molecule has 4 N–H and O–H groups in total. The molecule has 1 aliphatic rings. The van der Waals surface area contributed by atoms with Crippen molar-refractivity contribution in [3.63, 3.8) is 0 Å². The number of benzene rings is 2. The number of carbonyl (C=O) groups is 2. The topological polar surface area (TPSA) is 142 Å². The van der Waals surface area contributed by atoms with E-state index in [2.05, 4.69) is 39.4 Å². The lowest BCUT2D eigenvalue weighted by Gasteiger charge is -2.20. The summed E-state index contributed by atoms with van der Waals surface area (Å²) in [5.41, 5.74) is 9.03. The second kappa shape index (κ2) is 16.8. The van der Waals surface area contributed by atoms with Gasteiger partial charge in [0.1, 0.15) is 29.7 Å². The van der Waals surface area contributed by atoms with Gasteiger partial charge in [-0.05, 0) is 108 Å². The van der Waals surface area contributed by atoms with Crippen LogP contribution in [0.4, 0.5) is 14.6 Å². The van der Waals surface area contributed by atoms with Crippen LogP contribution < -0.4 is 21.1 Å². The van der Waals surface area contributed by atoms with E-state index in [1.807, 2.05) is 55.3 Å². The molecule has 1 fully saturated rings. The van der Waals surface area contributed by atoms with Crippen LogP contribution in [0, 0.1) is 12.7 Å². The van der Waals surface area contributed by atoms with E-state index in [0.29, 0.717) is 46.5 Å². The molecule has 0 spiro atoms. The number of amides is 2. The van der Waals surface area contributed by atoms with Gasteiger partial charge in [0, 0.05) is 53.8 Å². The number of pyridine rings is 1. The van der Waals surface area contributed by atoms with Gasteiger partial charge < -0.3 is 30.2 Å². The minimum absolute atomic E-state index is 0.0480. The van der Waals surface area contributed by atoms with Crippen molar-refractivity contribution >= 4 is 17.6 Å². The van der Waals surface area contributed by atoms with Crippen LogP contribution in [0.3, 0.4) is 0 Å². The first kappa shape index (κ1) is 38.5. The average Bonchev–Trinajstić information content (AvgIpc) is 3.62. The van der Waals surface area contributed by atoms with E-state index >= 15 is 0 Å². The number of anilines is 1. The largest absolute Gasteiger partial charge is 0.489 e. The molecule has 2 amide bonds. The van der Waals surface area contributed by atoms with Gasteiger partial charge in [-0.15, -0.1) is 0 Å². The molecule has 0 atom stereocenters. The summed E-state index contributed by atoms with van der Waals surface area (Å²) in [5.74, 6) is 0.822. The third kappa shape index (κ3) is 10.2. The highest BCUT2D eigenvalue weighted by molar-refractivity contribution is 6.04. The van der Waals surface area contributed by atoms with Crippen molar-refractivity contribution < 1.29 is 23.1 Å². The quantitative estimate of drug-likeness (QED) is 0.127. The van der Waals surface area contributed by atoms with Crippen LogP contribution in [0.15, 0.2) is 91.4 Å². The summed E-state index contributed by atoms with van der Waals surface area (Å²) in [6, 6.07) is 15.1. The standard InChI is InChI=1S/C25H25FN6O.C15H21FN2O2/c1-15(2)32-10-9-27-24(32)20-5-4-6-23(29-20)30-25(33)18-12-22(16(3)11-19(18)26)31-13-21(28-14-31)17-7-8-17;1-15(2,3)18-14(19)12-4-6-13(7-5-12)20-10-11(8-16)9-17/h4-6,9-15,17H,7-8H2,1-3H3,(H,29,30,33);4-8H,9-10,17H2,1-3H3,(H,18,19)/b;11-8+. The molecular formula is C40H46F2N8O3. The monoisotopic (exact) mass is 724 g/mol. The van der Waals surface area contributed by atoms with Crippen molar-refractivity contribution in [2.24, 2.45) is 5.73 Å². The van der Waals surface area contributed by atoms with Crippen LogP contribution >= 0.6 is 0 Å². The van der Waals surface area contributed by atoms with Crippen LogP contribution in [0.5, 0.6) is 5.75 Å². The van der Waals surface area contributed by atoms with Crippen molar-refractivity contribution in [3.8, 4) is 23.0 Å². The van der Waals surface area contributed by atoms with Crippen LogP contribution in [-0.2, 0) is 0 Å². The summed E-state index contributed by atoms with van der Waals surface area (Å²) in [4.78, 5) is 38.3. The van der Waals surface area contributed by atoms with E-state index < -0.39 is 11.7 Å². The Hall–Kier alpha value is -5.69. The Morgan fingerprint density at radius 2 is 1.81 bits per heavy atom. The van der Waals surface area contributed by atoms with Gasteiger partial charge in [0.25, 0.3) is 11.8 Å². The number of hydrogen-bond acceptors (Lipinski definition) is 7. The minimum Gasteiger partial charge on any atom is -0.489 e. The number of nitrogens with zero attached hydrogens (tertiary/aromatic N) is 5. The number of nitrogens with two attached hydrogens (primary N) is 1. The molecule has 1 saturated carbocycles. The van der Waals surface area contributed by atoms with Gasteiger partial charge in [-0.2, -0.15) is 0 Å². The van der Waals surface area contributed by atoms with Crippen molar-refractivity contribution in [1.82, 2.24) is 29.4 Å². The Morgan fingerprint density at radius 3 is 2.45 bits per heavy atom. The molecule has 0 radical (unpaired) electrons. The van der Waals surface area contributed by atoms with Crippen LogP contribution in [0.2, 0.25) is 0 Å². The number of rotatable bonds is 11. The number of hydrogen-bond donors (Lipinski definition) is 3. The number of aromatic nitrogens is 5. The van der Waals surface area contributed by atoms with Gasteiger partial charge in [-0.1, -0.05) is 6.07 Å². The predicted octanol–water partition coefficient (Wildman–Crippen LogP) is 7.69. The smallest absolute Gasteiger partial charge is 0.259 e. The number of aryl methyl sites for hydroxylation is 1. The number of nitrogens with one attached hydrogen (secondary N) is 2. The molecule has 13 heteroatoms. The van der Waals surface area contributed by atoms with Crippen molar-refractivity contribution in [3.05, 3.63) is 120 Å². The van der Waals surface area contributed by atoms with Gasteiger partial charge in [0.05, 0.1) is 29.6 Å². The second-order valence-electron chi connectivity index (χ2n) is 14.2. The zero-order valence-corrected chi connectivity index (χ0v) is 30.9. The molecule has 3 aromatic heterocycles. The molecule has 2 aromatic carbocycles. The lowest BCUT2D eigenvalue weighted by atomic mass is 10.1. The lowest BCUT2D eigenvalue weighted by molar-refractivity contribution is 0.0918. The van der Waals surface area contributed by atoms with Crippen molar-refractivity contribution in [1.29, 1.82) is 0 Å². The average molecular weight is 725 g/mol. The third-order valence-electron chi connectivity index (χ3n) is 8.30. The van der Waals surface area contributed by atoms with Gasteiger partial charge in [-0.3, -0.25) is 9.59 Å². The summed E-state index contributed by atoms with van der Waals surface area (Å²) in [6.45, 7) is 11.9. The van der Waals surface area contributed by atoms with Crippen LogP contribution in [0.1, 0.15) is 91.4 Å². The first-order chi connectivity index (χ1) is 25.3. The number of imidazole rings is 2. The fourth-order valence-electron chi connectivity index (χ4n) is 5.34. The normalized spacial score (nSPS) is 13.0. The summed E-state index contributed by atoms with van der Waals surface area (Å²) >= 11 is 0. The molecule has 11 nitrogen and oxygen atoms in total. The highest BCUT2D eigenvalue weighted by Gasteiger charge is 2.26. The van der Waals surface area contributed by atoms with Gasteiger partial charge in [0.2, 0.25) is 0 Å². The van der Waals surface area contributed by atoms with Gasteiger partial charge in [0.15, 0.2) is 5.82 Å². The molecule has 3 heterocycles. The van der Waals surface area contributed by atoms with Crippen molar-refractivity contribution in [2.75, 3.05) is 18.5 Å². The summed E-state index contributed by atoms with van der Waals surface area (Å²) < 4.78 is 36.3. The number of carbonyl (C=O) groups excluding carboxylic acids is 2. The molecule has 0 unspecified atom stereocenters. The van der Waals surface area contributed by atoms with E-state index in [-0.39, 0.29) is 36.2 Å². The minimum atomic E-state index is -0.581. The molecule has 6 rings (SSSR count). The van der Waals surface area contributed by atoms with Crippen LogP contribution in [0.25, 0.3) is 17.2 Å².